The number of rotatable bonds is 9. The van der Waals surface area contributed by atoms with E-state index in [2.05, 4.69) is 10.0 Å². The number of sulfonamides is 1. The standard InChI is InChI=1S/C19H22Cl2N2O5S/c1-27-19(28-2,15-10-9-14(20)11-16(15)21)12-22-18(24)17(23-29(3,25)26)13-7-5-4-6-8-13/h4-11,17,23H,12H2,1-3H3,(H,22,24). The second-order valence-electron chi connectivity index (χ2n) is 6.24. The van der Waals surface area contributed by atoms with Gasteiger partial charge in [0.1, 0.15) is 6.04 Å². The van der Waals surface area contributed by atoms with Crippen LogP contribution in [0.5, 0.6) is 0 Å². The van der Waals surface area contributed by atoms with E-state index in [0.717, 1.165) is 6.26 Å². The first-order valence-electron chi connectivity index (χ1n) is 8.47. The number of nitrogens with one attached hydrogen (secondary N) is 2. The van der Waals surface area contributed by atoms with Crippen molar-refractivity contribution in [2.75, 3.05) is 27.0 Å². The predicted octanol–water partition coefficient (Wildman–Crippen LogP) is 2.85. The molecular formula is C19H22Cl2N2O5S. The van der Waals surface area contributed by atoms with Crippen molar-refractivity contribution in [3.05, 3.63) is 69.7 Å². The van der Waals surface area contributed by atoms with Crippen molar-refractivity contribution in [3.63, 3.8) is 0 Å². The highest BCUT2D eigenvalue weighted by Crippen LogP contribution is 2.33. The van der Waals surface area contributed by atoms with Gasteiger partial charge >= 0.3 is 0 Å². The SMILES string of the molecule is COC(CNC(=O)C(NS(C)(=O)=O)c1ccccc1)(OC)c1ccc(Cl)cc1Cl. The summed E-state index contributed by atoms with van der Waals surface area (Å²) in [6.07, 6.45) is 0.984. The maximum absolute atomic E-state index is 12.9. The number of halogens is 2. The molecule has 1 atom stereocenters. The van der Waals surface area contributed by atoms with Gasteiger partial charge < -0.3 is 14.8 Å². The summed E-state index contributed by atoms with van der Waals surface area (Å²) >= 11 is 12.2. The smallest absolute Gasteiger partial charge is 0.242 e. The number of hydrogen-bond acceptors (Lipinski definition) is 5. The van der Waals surface area contributed by atoms with E-state index in [1.165, 1.54) is 20.3 Å². The summed E-state index contributed by atoms with van der Waals surface area (Å²) in [7, 11) is -0.841. The van der Waals surface area contributed by atoms with Crippen molar-refractivity contribution in [3.8, 4) is 0 Å². The molecule has 0 heterocycles. The molecule has 2 aromatic carbocycles. The molecule has 2 rings (SSSR count). The number of hydrogen-bond donors (Lipinski definition) is 2. The molecule has 0 aromatic heterocycles. The van der Waals surface area contributed by atoms with Crippen LogP contribution in [0.25, 0.3) is 0 Å². The first-order valence-corrected chi connectivity index (χ1v) is 11.1. The lowest BCUT2D eigenvalue weighted by molar-refractivity contribution is -0.212. The molecule has 0 saturated heterocycles. The van der Waals surface area contributed by atoms with Crippen molar-refractivity contribution in [2.24, 2.45) is 0 Å². The van der Waals surface area contributed by atoms with Gasteiger partial charge in [0.15, 0.2) is 0 Å². The minimum Gasteiger partial charge on any atom is -0.349 e. The third-order valence-corrected chi connectivity index (χ3v) is 5.43. The molecule has 29 heavy (non-hydrogen) atoms. The summed E-state index contributed by atoms with van der Waals surface area (Å²) in [4.78, 5) is 12.9. The molecule has 2 N–H and O–H groups in total. The van der Waals surface area contributed by atoms with E-state index in [0.29, 0.717) is 21.2 Å². The topological polar surface area (TPSA) is 93.7 Å². The number of benzene rings is 2. The molecule has 1 unspecified atom stereocenters. The van der Waals surface area contributed by atoms with Crippen LogP contribution in [-0.2, 0) is 30.1 Å². The van der Waals surface area contributed by atoms with Crippen LogP contribution in [0.2, 0.25) is 10.0 Å². The van der Waals surface area contributed by atoms with Crippen LogP contribution < -0.4 is 10.0 Å². The van der Waals surface area contributed by atoms with E-state index in [4.69, 9.17) is 32.7 Å². The fourth-order valence-electron chi connectivity index (χ4n) is 2.78. The van der Waals surface area contributed by atoms with E-state index in [1.54, 1.807) is 42.5 Å². The third-order valence-electron chi connectivity index (χ3n) is 4.22. The molecule has 0 bridgehead atoms. The first-order chi connectivity index (χ1) is 13.6. The lowest BCUT2D eigenvalue weighted by atomic mass is 10.0. The Morgan fingerprint density at radius 3 is 2.24 bits per heavy atom. The summed E-state index contributed by atoms with van der Waals surface area (Å²) in [6.45, 7) is -0.130. The Balaban J connectivity index is 2.30. The van der Waals surface area contributed by atoms with Gasteiger partial charge in [0.25, 0.3) is 0 Å². The summed E-state index contributed by atoms with van der Waals surface area (Å²) in [5.41, 5.74) is 0.946. The van der Waals surface area contributed by atoms with Gasteiger partial charge in [0, 0.05) is 24.8 Å². The Morgan fingerprint density at radius 1 is 1.10 bits per heavy atom. The minimum absolute atomic E-state index is 0.130. The normalized spacial score (nSPS) is 13.1. The van der Waals surface area contributed by atoms with E-state index in [1.807, 2.05) is 0 Å². The van der Waals surface area contributed by atoms with Crippen LogP contribution in [0.15, 0.2) is 48.5 Å². The van der Waals surface area contributed by atoms with Gasteiger partial charge in [-0.15, -0.1) is 0 Å². The maximum Gasteiger partial charge on any atom is 0.242 e. The number of ether oxygens (including phenoxy) is 2. The molecule has 0 aliphatic carbocycles. The van der Waals surface area contributed by atoms with Crippen LogP contribution in [0.4, 0.5) is 0 Å². The van der Waals surface area contributed by atoms with Gasteiger partial charge in [-0.2, -0.15) is 4.72 Å². The van der Waals surface area contributed by atoms with E-state index < -0.39 is 27.8 Å². The maximum atomic E-state index is 12.9. The fraction of sp³-hybridized carbons (Fsp3) is 0.316. The van der Waals surface area contributed by atoms with Gasteiger partial charge in [-0.05, 0) is 17.7 Å². The Bertz CT molecular complexity index is 950. The molecule has 0 aliphatic heterocycles. The summed E-state index contributed by atoms with van der Waals surface area (Å²) in [5.74, 6) is -1.98. The summed E-state index contributed by atoms with van der Waals surface area (Å²) in [5, 5.41) is 3.41. The monoisotopic (exact) mass is 460 g/mol. The fourth-order valence-corrected chi connectivity index (χ4v) is 4.00. The molecule has 10 heteroatoms. The molecular weight excluding hydrogens is 439 g/mol. The third kappa shape index (κ3) is 6.15. The zero-order valence-electron chi connectivity index (χ0n) is 16.1. The summed E-state index contributed by atoms with van der Waals surface area (Å²) < 4.78 is 36.9. The highest BCUT2D eigenvalue weighted by molar-refractivity contribution is 7.88. The molecule has 0 spiro atoms. The minimum atomic E-state index is -3.65. The molecule has 1 amide bonds. The highest BCUT2D eigenvalue weighted by Gasteiger charge is 2.36. The van der Waals surface area contributed by atoms with Gasteiger partial charge in [-0.3, -0.25) is 4.79 Å². The van der Waals surface area contributed by atoms with Gasteiger partial charge in [-0.1, -0.05) is 59.6 Å². The van der Waals surface area contributed by atoms with Crippen LogP contribution >= 0.6 is 23.2 Å². The van der Waals surface area contributed by atoms with Crippen molar-refractivity contribution in [1.82, 2.24) is 10.0 Å². The lowest BCUT2D eigenvalue weighted by Crippen LogP contribution is -2.47. The zero-order valence-corrected chi connectivity index (χ0v) is 18.4. The average Bonchev–Trinajstić information content (AvgIpc) is 2.68. The van der Waals surface area contributed by atoms with Gasteiger partial charge in [0.2, 0.25) is 21.7 Å². The molecule has 0 fully saturated rings. The van der Waals surface area contributed by atoms with E-state index in [-0.39, 0.29) is 6.54 Å². The number of carbonyl (C=O) groups is 1. The summed E-state index contributed by atoms with van der Waals surface area (Å²) in [6, 6.07) is 12.1. The second kappa shape index (κ2) is 9.88. The van der Waals surface area contributed by atoms with Crippen LogP contribution in [-0.4, -0.2) is 41.3 Å². The Morgan fingerprint density at radius 2 is 1.72 bits per heavy atom. The van der Waals surface area contributed by atoms with Crippen molar-refractivity contribution < 1.29 is 22.7 Å². The lowest BCUT2D eigenvalue weighted by Gasteiger charge is -2.32. The Hall–Kier alpha value is -1.68. The Kier molecular flexibility index (Phi) is 8.04. The highest BCUT2D eigenvalue weighted by atomic mass is 35.5. The zero-order chi connectivity index (χ0) is 21.7. The number of carbonyl (C=O) groups excluding carboxylic acids is 1. The predicted molar refractivity (Wildman–Crippen MR) is 112 cm³/mol. The molecule has 0 saturated carbocycles. The Labute approximate surface area is 180 Å². The second-order valence-corrected chi connectivity index (χ2v) is 8.86. The van der Waals surface area contributed by atoms with Gasteiger partial charge in [0.05, 0.1) is 17.8 Å². The molecule has 2 aromatic rings. The average molecular weight is 461 g/mol. The molecule has 7 nitrogen and oxygen atoms in total. The van der Waals surface area contributed by atoms with Crippen molar-refractivity contribution in [2.45, 2.75) is 11.8 Å². The van der Waals surface area contributed by atoms with Crippen LogP contribution in [0.3, 0.4) is 0 Å². The molecule has 0 radical (unpaired) electrons. The van der Waals surface area contributed by atoms with Gasteiger partial charge in [-0.25, -0.2) is 8.42 Å². The van der Waals surface area contributed by atoms with Crippen molar-refractivity contribution >= 4 is 39.1 Å². The number of methoxy groups -OCH3 is 2. The van der Waals surface area contributed by atoms with E-state index in [9.17, 15) is 13.2 Å². The van der Waals surface area contributed by atoms with Crippen LogP contribution in [0.1, 0.15) is 17.2 Å². The largest absolute Gasteiger partial charge is 0.349 e. The van der Waals surface area contributed by atoms with Crippen molar-refractivity contribution in [1.29, 1.82) is 0 Å². The quantitative estimate of drug-likeness (QED) is 0.561. The number of amides is 1. The molecule has 0 aliphatic rings. The van der Waals surface area contributed by atoms with Crippen LogP contribution in [0, 0.1) is 0 Å². The van der Waals surface area contributed by atoms with E-state index >= 15 is 0 Å². The molecule has 158 valence electrons. The first kappa shape index (κ1) is 23.6.